The molecule has 0 saturated heterocycles. The summed E-state index contributed by atoms with van der Waals surface area (Å²) in [6.07, 6.45) is 4.17. The summed E-state index contributed by atoms with van der Waals surface area (Å²) in [5, 5.41) is 7.10. The van der Waals surface area contributed by atoms with Gasteiger partial charge in [-0.1, -0.05) is 13.8 Å². The smallest absolute Gasteiger partial charge is 0.153 e. The van der Waals surface area contributed by atoms with Crippen LogP contribution in [0.5, 0.6) is 0 Å². The zero-order valence-electron chi connectivity index (χ0n) is 8.09. The minimum Gasteiger partial charge on any atom is -0.358 e. The van der Waals surface area contributed by atoms with Crippen molar-refractivity contribution >= 4 is 5.82 Å². The van der Waals surface area contributed by atoms with Crippen LogP contribution in [0, 0.1) is 0 Å². The molecule has 3 nitrogen and oxygen atoms in total. The maximum absolute atomic E-state index is 4.21. The largest absolute Gasteiger partial charge is 0.358 e. The lowest BCUT2D eigenvalue weighted by molar-refractivity contribution is 0.827. The maximum Gasteiger partial charge on any atom is 0.153 e. The SMILES string of the molecule is CCCN(C)c1n[nH]cc1CC. The van der Waals surface area contributed by atoms with Crippen molar-refractivity contribution < 1.29 is 0 Å². The summed E-state index contributed by atoms with van der Waals surface area (Å²) in [5.41, 5.74) is 1.30. The number of hydrogen-bond acceptors (Lipinski definition) is 2. The molecule has 0 saturated carbocycles. The van der Waals surface area contributed by atoms with Crippen molar-refractivity contribution in [3.8, 4) is 0 Å². The number of rotatable bonds is 4. The van der Waals surface area contributed by atoms with E-state index in [0.29, 0.717) is 0 Å². The van der Waals surface area contributed by atoms with Gasteiger partial charge in [0.15, 0.2) is 5.82 Å². The van der Waals surface area contributed by atoms with E-state index in [1.54, 1.807) is 0 Å². The van der Waals surface area contributed by atoms with Gasteiger partial charge in [0, 0.05) is 25.4 Å². The van der Waals surface area contributed by atoms with Gasteiger partial charge in [-0.3, -0.25) is 5.10 Å². The summed E-state index contributed by atoms with van der Waals surface area (Å²) < 4.78 is 0. The van der Waals surface area contributed by atoms with Crippen LogP contribution < -0.4 is 4.90 Å². The number of nitrogens with zero attached hydrogens (tertiary/aromatic N) is 2. The fraction of sp³-hybridized carbons (Fsp3) is 0.667. The molecule has 0 radical (unpaired) electrons. The van der Waals surface area contributed by atoms with Gasteiger partial charge in [-0.2, -0.15) is 5.10 Å². The lowest BCUT2D eigenvalue weighted by Gasteiger charge is -2.16. The zero-order chi connectivity index (χ0) is 8.97. The molecule has 0 amide bonds. The summed E-state index contributed by atoms with van der Waals surface area (Å²) in [5.74, 6) is 1.10. The Morgan fingerprint density at radius 3 is 2.83 bits per heavy atom. The lowest BCUT2D eigenvalue weighted by atomic mass is 10.2. The van der Waals surface area contributed by atoms with Gasteiger partial charge in [0.1, 0.15) is 0 Å². The van der Waals surface area contributed by atoms with Gasteiger partial charge in [0.25, 0.3) is 0 Å². The molecule has 12 heavy (non-hydrogen) atoms. The van der Waals surface area contributed by atoms with Crippen LogP contribution in [-0.4, -0.2) is 23.8 Å². The van der Waals surface area contributed by atoms with Crippen LogP contribution in [0.25, 0.3) is 0 Å². The van der Waals surface area contributed by atoms with Crippen LogP contribution >= 0.6 is 0 Å². The van der Waals surface area contributed by atoms with Crippen molar-refractivity contribution in [2.24, 2.45) is 0 Å². The summed E-state index contributed by atoms with van der Waals surface area (Å²) >= 11 is 0. The van der Waals surface area contributed by atoms with E-state index in [9.17, 15) is 0 Å². The number of aryl methyl sites for hydroxylation is 1. The molecule has 0 aliphatic heterocycles. The Hall–Kier alpha value is -0.990. The molecule has 1 rings (SSSR count). The van der Waals surface area contributed by atoms with E-state index in [-0.39, 0.29) is 0 Å². The first-order valence-electron chi connectivity index (χ1n) is 4.53. The minimum absolute atomic E-state index is 1.04. The van der Waals surface area contributed by atoms with Crippen molar-refractivity contribution in [1.82, 2.24) is 10.2 Å². The molecule has 0 atom stereocenters. The highest BCUT2D eigenvalue weighted by atomic mass is 15.3. The molecule has 0 bridgehead atoms. The predicted octanol–water partition coefficient (Wildman–Crippen LogP) is 1.82. The minimum atomic E-state index is 1.04. The Bertz CT molecular complexity index is 229. The van der Waals surface area contributed by atoms with Gasteiger partial charge < -0.3 is 4.90 Å². The monoisotopic (exact) mass is 167 g/mol. The Labute approximate surface area is 73.8 Å². The second-order valence-corrected chi connectivity index (χ2v) is 3.01. The van der Waals surface area contributed by atoms with Crippen molar-refractivity contribution in [1.29, 1.82) is 0 Å². The molecule has 0 aromatic carbocycles. The highest BCUT2D eigenvalue weighted by Gasteiger charge is 2.07. The average molecular weight is 167 g/mol. The number of nitrogens with one attached hydrogen (secondary N) is 1. The van der Waals surface area contributed by atoms with E-state index < -0.39 is 0 Å². The molecule has 0 aliphatic carbocycles. The molecule has 1 aromatic heterocycles. The van der Waals surface area contributed by atoms with Gasteiger partial charge in [-0.15, -0.1) is 0 Å². The van der Waals surface area contributed by atoms with Crippen LogP contribution in [-0.2, 0) is 6.42 Å². The van der Waals surface area contributed by atoms with Crippen LogP contribution in [0.1, 0.15) is 25.8 Å². The maximum atomic E-state index is 4.21. The summed E-state index contributed by atoms with van der Waals surface area (Å²) in [4.78, 5) is 2.19. The van der Waals surface area contributed by atoms with Gasteiger partial charge in [-0.05, 0) is 12.8 Å². The highest BCUT2D eigenvalue weighted by molar-refractivity contribution is 5.44. The Morgan fingerprint density at radius 1 is 1.50 bits per heavy atom. The van der Waals surface area contributed by atoms with Crippen LogP contribution in [0.4, 0.5) is 5.82 Å². The standard InChI is InChI=1S/C9H17N3/c1-4-6-12(3)9-8(5-2)7-10-11-9/h7H,4-6H2,1-3H3,(H,10,11). The third-order valence-corrected chi connectivity index (χ3v) is 2.00. The van der Waals surface area contributed by atoms with Crippen LogP contribution in [0.15, 0.2) is 6.20 Å². The van der Waals surface area contributed by atoms with E-state index in [0.717, 1.165) is 25.2 Å². The molecule has 0 unspecified atom stereocenters. The fourth-order valence-corrected chi connectivity index (χ4v) is 1.34. The third-order valence-electron chi connectivity index (χ3n) is 2.00. The average Bonchev–Trinajstić information content (AvgIpc) is 2.51. The second-order valence-electron chi connectivity index (χ2n) is 3.01. The Balaban J connectivity index is 2.71. The van der Waals surface area contributed by atoms with Crippen molar-refractivity contribution in [2.45, 2.75) is 26.7 Å². The van der Waals surface area contributed by atoms with Crippen LogP contribution in [0.2, 0.25) is 0 Å². The van der Waals surface area contributed by atoms with Gasteiger partial charge in [0.05, 0.1) is 0 Å². The molecule has 3 heteroatoms. The van der Waals surface area contributed by atoms with Crippen molar-refractivity contribution in [2.75, 3.05) is 18.5 Å². The van der Waals surface area contributed by atoms with E-state index >= 15 is 0 Å². The molecule has 0 spiro atoms. The predicted molar refractivity (Wildman–Crippen MR) is 51.5 cm³/mol. The Kier molecular flexibility index (Phi) is 3.14. The normalized spacial score (nSPS) is 10.2. The third kappa shape index (κ3) is 1.78. The first-order chi connectivity index (χ1) is 5.79. The highest BCUT2D eigenvalue weighted by Crippen LogP contribution is 2.15. The van der Waals surface area contributed by atoms with E-state index in [2.05, 4.69) is 36.0 Å². The molecular formula is C9H17N3. The van der Waals surface area contributed by atoms with Gasteiger partial charge in [-0.25, -0.2) is 0 Å². The molecule has 68 valence electrons. The second kappa shape index (κ2) is 4.14. The number of hydrogen-bond donors (Lipinski definition) is 1. The first-order valence-corrected chi connectivity index (χ1v) is 4.53. The lowest BCUT2D eigenvalue weighted by Crippen LogP contribution is -2.19. The molecule has 0 fully saturated rings. The Morgan fingerprint density at radius 2 is 2.25 bits per heavy atom. The molecule has 1 aromatic rings. The van der Waals surface area contributed by atoms with Gasteiger partial charge in [0.2, 0.25) is 0 Å². The summed E-state index contributed by atoms with van der Waals surface area (Å²) in [7, 11) is 2.08. The van der Waals surface area contributed by atoms with E-state index in [1.807, 2.05) is 6.20 Å². The van der Waals surface area contributed by atoms with Crippen molar-refractivity contribution in [3.05, 3.63) is 11.8 Å². The van der Waals surface area contributed by atoms with Gasteiger partial charge >= 0.3 is 0 Å². The number of anilines is 1. The van der Waals surface area contributed by atoms with E-state index in [1.165, 1.54) is 5.56 Å². The number of aromatic nitrogens is 2. The first kappa shape index (κ1) is 9.10. The zero-order valence-corrected chi connectivity index (χ0v) is 8.09. The number of H-pyrrole nitrogens is 1. The topological polar surface area (TPSA) is 31.9 Å². The summed E-state index contributed by atoms with van der Waals surface area (Å²) in [6.45, 7) is 5.39. The summed E-state index contributed by atoms with van der Waals surface area (Å²) in [6, 6.07) is 0. The number of aromatic amines is 1. The fourth-order valence-electron chi connectivity index (χ4n) is 1.34. The molecule has 1 N–H and O–H groups in total. The quantitative estimate of drug-likeness (QED) is 0.741. The van der Waals surface area contributed by atoms with Crippen molar-refractivity contribution in [3.63, 3.8) is 0 Å². The molecular weight excluding hydrogens is 150 g/mol. The van der Waals surface area contributed by atoms with Crippen LogP contribution in [0.3, 0.4) is 0 Å². The molecule has 1 heterocycles. The molecule has 0 aliphatic rings. The van der Waals surface area contributed by atoms with E-state index in [4.69, 9.17) is 0 Å².